The highest BCUT2D eigenvalue weighted by Crippen LogP contribution is 2.37. The zero-order valence-corrected chi connectivity index (χ0v) is 16.3. The van der Waals surface area contributed by atoms with Crippen molar-refractivity contribution in [2.24, 2.45) is 0 Å². The summed E-state index contributed by atoms with van der Waals surface area (Å²) in [6.07, 6.45) is 1.92. The van der Waals surface area contributed by atoms with Crippen molar-refractivity contribution in [3.63, 3.8) is 0 Å². The molecule has 2 aromatic rings. The van der Waals surface area contributed by atoms with Gasteiger partial charge in [0.15, 0.2) is 0 Å². The number of imide groups is 1. The molecule has 0 saturated carbocycles. The molecule has 0 aromatic heterocycles. The van der Waals surface area contributed by atoms with Crippen LogP contribution in [-0.4, -0.2) is 34.7 Å². The first-order chi connectivity index (χ1) is 13.9. The highest BCUT2D eigenvalue weighted by atomic mass is 16.6. The molecule has 1 saturated heterocycles. The van der Waals surface area contributed by atoms with Crippen LogP contribution in [0.3, 0.4) is 0 Å². The Balaban J connectivity index is 1.82. The van der Waals surface area contributed by atoms with Crippen LogP contribution in [0.5, 0.6) is 0 Å². The Morgan fingerprint density at radius 2 is 1.55 bits per heavy atom. The van der Waals surface area contributed by atoms with Crippen molar-refractivity contribution >= 4 is 28.8 Å². The van der Waals surface area contributed by atoms with Gasteiger partial charge in [0.25, 0.3) is 17.5 Å². The molecule has 2 amide bonds. The molecule has 2 aliphatic rings. The van der Waals surface area contributed by atoms with Gasteiger partial charge in [-0.1, -0.05) is 6.07 Å². The second kappa shape index (κ2) is 7.16. The quantitative estimate of drug-likeness (QED) is 0.452. The fourth-order valence-electron chi connectivity index (χ4n) is 3.86. The van der Waals surface area contributed by atoms with Crippen LogP contribution in [0.25, 0.3) is 5.57 Å². The van der Waals surface area contributed by atoms with Crippen LogP contribution in [0.4, 0.5) is 11.4 Å². The van der Waals surface area contributed by atoms with E-state index < -0.39 is 10.8 Å². The summed E-state index contributed by atoms with van der Waals surface area (Å²) < 4.78 is 0. The molecule has 0 bridgehead atoms. The average Bonchev–Trinajstić information content (AvgIpc) is 3.30. The number of hydrogen-bond donors (Lipinski definition) is 0. The lowest BCUT2D eigenvalue weighted by Crippen LogP contribution is -2.34. The Hall–Kier alpha value is -3.48. The Morgan fingerprint density at radius 3 is 2.14 bits per heavy atom. The molecule has 7 heteroatoms. The molecule has 0 atom stereocenters. The second-order valence-corrected chi connectivity index (χ2v) is 7.44. The van der Waals surface area contributed by atoms with E-state index in [1.54, 1.807) is 18.2 Å². The van der Waals surface area contributed by atoms with Gasteiger partial charge in [-0.3, -0.25) is 19.7 Å². The summed E-state index contributed by atoms with van der Waals surface area (Å²) >= 11 is 0. The van der Waals surface area contributed by atoms with Gasteiger partial charge in [-0.2, -0.15) is 0 Å². The summed E-state index contributed by atoms with van der Waals surface area (Å²) in [7, 11) is 0. The van der Waals surface area contributed by atoms with Crippen molar-refractivity contribution in [1.82, 2.24) is 4.90 Å². The van der Waals surface area contributed by atoms with E-state index in [4.69, 9.17) is 0 Å². The molecular weight excluding hydrogens is 370 g/mol. The van der Waals surface area contributed by atoms with Crippen molar-refractivity contribution < 1.29 is 14.5 Å². The predicted octanol–water partition coefficient (Wildman–Crippen LogP) is 3.59. The zero-order valence-electron chi connectivity index (χ0n) is 16.3. The molecule has 2 heterocycles. The third-order valence-corrected chi connectivity index (χ3v) is 5.60. The normalized spacial score (nSPS) is 16.9. The number of nitro groups is 1. The molecule has 2 aliphatic heterocycles. The Bertz CT molecular complexity index is 1050. The van der Waals surface area contributed by atoms with Crippen LogP contribution in [0, 0.1) is 24.0 Å². The number of carbonyl (C=O) groups excluding carboxylic acids is 2. The summed E-state index contributed by atoms with van der Waals surface area (Å²) in [6, 6.07) is 11.3. The van der Waals surface area contributed by atoms with Crippen LogP contribution < -0.4 is 4.90 Å². The Kier molecular flexibility index (Phi) is 4.66. The van der Waals surface area contributed by atoms with Crippen LogP contribution >= 0.6 is 0 Å². The van der Waals surface area contributed by atoms with Gasteiger partial charge in [0, 0.05) is 25.2 Å². The highest BCUT2D eigenvalue weighted by Gasteiger charge is 2.43. The van der Waals surface area contributed by atoms with E-state index in [0.717, 1.165) is 24.0 Å². The summed E-state index contributed by atoms with van der Waals surface area (Å²) in [6.45, 7) is 5.34. The molecule has 2 aromatic carbocycles. The fraction of sp³-hybridized carbons (Fsp3) is 0.273. The number of benzene rings is 2. The topological polar surface area (TPSA) is 83.8 Å². The number of anilines is 1. The van der Waals surface area contributed by atoms with Crippen molar-refractivity contribution in [3.05, 3.63) is 75.0 Å². The molecule has 0 aliphatic carbocycles. The highest BCUT2D eigenvalue weighted by molar-refractivity contribution is 6.45. The SMILES string of the molecule is Cc1ccc(N2C(=O)C(c3ccc([N+](=O)[O-])cc3)=C(N3CCCC3)C2=O)cc1C. The molecule has 29 heavy (non-hydrogen) atoms. The molecule has 0 spiro atoms. The minimum atomic E-state index is -0.484. The van der Waals surface area contributed by atoms with Gasteiger partial charge in [0.2, 0.25) is 0 Å². The van der Waals surface area contributed by atoms with Crippen molar-refractivity contribution in [3.8, 4) is 0 Å². The molecule has 4 rings (SSSR count). The van der Waals surface area contributed by atoms with Crippen molar-refractivity contribution in [2.45, 2.75) is 26.7 Å². The number of rotatable bonds is 4. The summed E-state index contributed by atoms with van der Waals surface area (Å²) in [5.74, 6) is -0.734. The number of likely N-dealkylation sites (tertiary alicyclic amines) is 1. The van der Waals surface area contributed by atoms with Crippen LogP contribution in [0.1, 0.15) is 29.5 Å². The van der Waals surface area contributed by atoms with E-state index in [1.807, 2.05) is 30.9 Å². The summed E-state index contributed by atoms with van der Waals surface area (Å²) in [5.41, 5.74) is 3.77. The number of nitrogens with zero attached hydrogens (tertiary/aromatic N) is 3. The lowest BCUT2D eigenvalue weighted by atomic mass is 10.0. The van der Waals surface area contributed by atoms with E-state index in [-0.39, 0.29) is 11.6 Å². The maximum Gasteiger partial charge on any atom is 0.282 e. The second-order valence-electron chi connectivity index (χ2n) is 7.44. The van der Waals surface area contributed by atoms with Gasteiger partial charge in [-0.05, 0) is 67.6 Å². The van der Waals surface area contributed by atoms with Gasteiger partial charge >= 0.3 is 0 Å². The maximum absolute atomic E-state index is 13.4. The molecule has 7 nitrogen and oxygen atoms in total. The van der Waals surface area contributed by atoms with Crippen molar-refractivity contribution in [1.29, 1.82) is 0 Å². The Morgan fingerprint density at radius 1 is 0.897 bits per heavy atom. The Labute approximate surface area is 168 Å². The summed E-state index contributed by atoms with van der Waals surface area (Å²) in [5, 5.41) is 11.0. The van der Waals surface area contributed by atoms with Gasteiger partial charge in [-0.25, -0.2) is 4.90 Å². The molecule has 1 fully saturated rings. The smallest absolute Gasteiger partial charge is 0.282 e. The number of carbonyl (C=O) groups is 2. The number of aryl methyl sites for hydroxylation is 2. The lowest BCUT2D eigenvalue weighted by molar-refractivity contribution is -0.384. The van der Waals surface area contributed by atoms with Crippen molar-refractivity contribution in [2.75, 3.05) is 18.0 Å². The van der Waals surface area contributed by atoms with E-state index in [0.29, 0.717) is 35.6 Å². The maximum atomic E-state index is 13.4. The predicted molar refractivity (Wildman–Crippen MR) is 109 cm³/mol. The number of amides is 2. The average molecular weight is 391 g/mol. The first kappa shape index (κ1) is 18.9. The van der Waals surface area contributed by atoms with E-state index in [2.05, 4.69) is 0 Å². The standard InChI is InChI=1S/C22H21N3O4/c1-14-5-8-18(13-15(14)2)24-21(26)19(16-6-9-17(10-7-16)25(28)29)20(22(24)27)23-11-3-4-12-23/h5-10,13H,3-4,11-12H2,1-2H3. The lowest BCUT2D eigenvalue weighted by Gasteiger charge is -2.20. The van der Waals surface area contributed by atoms with E-state index in [9.17, 15) is 19.7 Å². The minimum Gasteiger partial charge on any atom is -0.366 e. The molecule has 0 N–H and O–H groups in total. The van der Waals surface area contributed by atoms with Gasteiger partial charge < -0.3 is 4.90 Å². The first-order valence-corrected chi connectivity index (χ1v) is 9.58. The molecule has 0 radical (unpaired) electrons. The van der Waals surface area contributed by atoms with Crippen LogP contribution in [0.2, 0.25) is 0 Å². The number of hydrogen-bond acceptors (Lipinski definition) is 5. The van der Waals surface area contributed by atoms with Gasteiger partial charge in [0.05, 0.1) is 16.2 Å². The van der Waals surface area contributed by atoms with Gasteiger partial charge in [0.1, 0.15) is 5.70 Å². The zero-order chi connectivity index (χ0) is 20.7. The van der Waals surface area contributed by atoms with Crippen LogP contribution in [0.15, 0.2) is 48.2 Å². The number of nitro benzene ring substituents is 1. The fourth-order valence-corrected chi connectivity index (χ4v) is 3.86. The molecule has 148 valence electrons. The van der Waals surface area contributed by atoms with Crippen LogP contribution in [-0.2, 0) is 9.59 Å². The number of non-ortho nitro benzene ring substituents is 1. The third-order valence-electron chi connectivity index (χ3n) is 5.60. The van der Waals surface area contributed by atoms with Gasteiger partial charge in [-0.15, -0.1) is 0 Å². The third kappa shape index (κ3) is 3.18. The largest absolute Gasteiger partial charge is 0.366 e. The minimum absolute atomic E-state index is 0.0557. The summed E-state index contributed by atoms with van der Waals surface area (Å²) in [4.78, 5) is 40.4. The molecule has 0 unspecified atom stereocenters. The monoisotopic (exact) mass is 391 g/mol. The van der Waals surface area contributed by atoms with E-state index >= 15 is 0 Å². The molecular formula is C22H21N3O4. The first-order valence-electron chi connectivity index (χ1n) is 9.58. The van der Waals surface area contributed by atoms with E-state index in [1.165, 1.54) is 17.0 Å².